The SMILES string of the molecule is OCc1cc2cccc(Cc3ccccc3)c2nc1Cl. The molecule has 3 aromatic rings. The molecule has 0 aliphatic rings. The van der Waals surface area contributed by atoms with Gasteiger partial charge in [-0.2, -0.15) is 0 Å². The van der Waals surface area contributed by atoms with Crippen LogP contribution in [0.2, 0.25) is 5.15 Å². The van der Waals surface area contributed by atoms with Crippen LogP contribution < -0.4 is 0 Å². The number of para-hydroxylation sites is 1. The average molecular weight is 284 g/mol. The molecule has 0 radical (unpaired) electrons. The zero-order valence-corrected chi connectivity index (χ0v) is 11.6. The number of hydrogen-bond donors (Lipinski definition) is 1. The molecule has 0 aliphatic heterocycles. The summed E-state index contributed by atoms with van der Waals surface area (Å²) in [6.45, 7) is -0.0926. The van der Waals surface area contributed by atoms with Crippen LogP contribution in [0, 0.1) is 0 Å². The highest BCUT2D eigenvalue weighted by atomic mass is 35.5. The second-order valence-corrected chi connectivity index (χ2v) is 5.11. The van der Waals surface area contributed by atoms with Crippen LogP contribution in [-0.2, 0) is 13.0 Å². The number of aromatic nitrogens is 1. The van der Waals surface area contributed by atoms with Crippen LogP contribution in [0.1, 0.15) is 16.7 Å². The largest absolute Gasteiger partial charge is 0.392 e. The van der Waals surface area contributed by atoms with E-state index in [2.05, 4.69) is 23.2 Å². The Morgan fingerprint density at radius 1 is 0.950 bits per heavy atom. The fraction of sp³-hybridized carbons (Fsp3) is 0.118. The van der Waals surface area contributed by atoms with Gasteiger partial charge in [-0.25, -0.2) is 4.98 Å². The van der Waals surface area contributed by atoms with Crippen molar-refractivity contribution in [2.24, 2.45) is 0 Å². The smallest absolute Gasteiger partial charge is 0.135 e. The van der Waals surface area contributed by atoms with Crippen LogP contribution in [0.25, 0.3) is 10.9 Å². The normalized spacial score (nSPS) is 10.9. The van der Waals surface area contributed by atoms with Gasteiger partial charge in [0, 0.05) is 10.9 Å². The zero-order valence-electron chi connectivity index (χ0n) is 10.9. The van der Waals surface area contributed by atoms with Crippen LogP contribution >= 0.6 is 11.6 Å². The molecule has 0 unspecified atom stereocenters. The number of rotatable bonds is 3. The molecule has 2 nitrogen and oxygen atoms in total. The molecule has 0 saturated carbocycles. The highest BCUT2D eigenvalue weighted by Gasteiger charge is 2.08. The summed E-state index contributed by atoms with van der Waals surface area (Å²) in [6.07, 6.45) is 0.819. The fourth-order valence-corrected chi connectivity index (χ4v) is 2.55. The lowest BCUT2D eigenvalue weighted by molar-refractivity contribution is 0.281. The first-order valence-corrected chi connectivity index (χ1v) is 6.87. The maximum absolute atomic E-state index is 9.26. The summed E-state index contributed by atoms with van der Waals surface area (Å²) >= 11 is 6.11. The van der Waals surface area contributed by atoms with Crippen molar-refractivity contribution < 1.29 is 5.11 Å². The van der Waals surface area contributed by atoms with E-state index in [0.29, 0.717) is 10.7 Å². The average Bonchev–Trinajstić information content (AvgIpc) is 2.48. The third-order valence-corrected chi connectivity index (χ3v) is 3.69. The van der Waals surface area contributed by atoms with Crippen LogP contribution in [0.4, 0.5) is 0 Å². The Bertz CT molecular complexity index is 741. The number of fused-ring (bicyclic) bond motifs is 1. The van der Waals surface area contributed by atoms with Crippen molar-refractivity contribution in [1.82, 2.24) is 4.98 Å². The van der Waals surface area contributed by atoms with E-state index in [1.165, 1.54) is 5.56 Å². The molecular formula is C17H14ClNO. The molecule has 0 bridgehead atoms. The Balaban J connectivity index is 2.09. The van der Waals surface area contributed by atoms with Crippen LogP contribution in [0.3, 0.4) is 0 Å². The maximum Gasteiger partial charge on any atom is 0.135 e. The molecule has 2 aromatic carbocycles. The summed E-state index contributed by atoms with van der Waals surface area (Å²) in [5.74, 6) is 0. The van der Waals surface area contributed by atoms with E-state index < -0.39 is 0 Å². The molecule has 0 saturated heterocycles. The quantitative estimate of drug-likeness (QED) is 0.738. The molecule has 1 aromatic heterocycles. The van der Waals surface area contributed by atoms with Gasteiger partial charge >= 0.3 is 0 Å². The van der Waals surface area contributed by atoms with Crippen molar-refractivity contribution in [2.45, 2.75) is 13.0 Å². The summed E-state index contributed by atoms with van der Waals surface area (Å²) in [6, 6.07) is 18.2. The minimum absolute atomic E-state index is 0.0926. The van der Waals surface area contributed by atoms with Crippen molar-refractivity contribution in [3.05, 3.63) is 76.4 Å². The minimum atomic E-state index is -0.0926. The monoisotopic (exact) mass is 283 g/mol. The van der Waals surface area contributed by atoms with Crippen molar-refractivity contribution >= 4 is 22.5 Å². The van der Waals surface area contributed by atoms with E-state index in [1.807, 2.05) is 36.4 Å². The molecule has 100 valence electrons. The number of hydrogen-bond acceptors (Lipinski definition) is 2. The third kappa shape index (κ3) is 2.53. The Labute approximate surface area is 122 Å². The number of aliphatic hydroxyl groups is 1. The lowest BCUT2D eigenvalue weighted by Gasteiger charge is -2.08. The number of pyridine rings is 1. The summed E-state index contributed by atoms with van der Waals surface area (Å²) < 4.78 is 0. The van der Waals surface area contributed by atoms with Crippen molar-refractivity contribution in [1.29, 1.82) is 0 Å². The van der Waals surface area contributed by atoms with Gasteiger partial charge in [-0.05, 0) is 23.6 Å². The van der Waals surface area contributed by atoms with Crippen molar-refractivity contribution in [3.63, 3.8) is 0 Å². The standard InChI is InChI=1S/C17H14ClNO/c18-17-15(11-20)10-14-8-4-7-13(16(14)19-17)9-12-5-2-1-3-6-12/h1-8,10,20H,9,11H2. The van der Waals surface area contributed by atoms with Gasteiger partial charge in [-0.1, -0.05) is 60.1 Å². The summed E-state index contributed by atoms with van der Waals surface area (Å²) in [4.78, 5) is 4.45. The number of aliphatic hydroxyl groups excluding tert-OH is 1. The van der Waals surface area contributed by atoms with E-state index in [9.17, 15) is 5.11 Å². The summed E-state index contributed by atoms with van der Waals surface area (Å²) in [5, 5.41) is 10.6. The highest BCUT2D eigenvalue weighted by Crippen LogP contribution is 2.24. The lowest BCUT2D eigenvalue weighted by atomic mass is 10.0. The Morgan fingerprint density at radius 2 is 1.75 bits per heavy atom. The number of benzene rings is 2. The molecule has 1 N–H and O–H groups in total. The first kappa shape index (κ1) is 13.1. The topological polar surface area (TPSA) is 33.1 Å². The number of halogens is 1. The van der Waals surface area contributed by atoms with Crippen LogP contribution in [0.5, 0.6) is 0 Å². The molecule has 0 amide bonds. The predicted octanol–water partition coefficient (Wildman–Crippen LogP) is 3.97. The van der Waals surface area contributed by atoms with Gasteiger partial charge in [0.15, 0.2) is 0 Å². The molecular weight excluding hydrogens is 270 g/mol. The third-order valence-electron chi connectivity index (χ3n) is 3.36. The minimum Gasteiger partial charge on any atom is -0.392 e. The maximum atomic E-state index is 9.26. The second-order valence-electron chi connectivity index (χ2n) is 4.75. The molecule has 0 fully saturated rings. The fourth-order valence-electron chi connectivity index (χ4n) is 2.35. The molecule has 0 aliphatic carbocycles. The van der Waals surface area contributed by atoms with Crippen molar-refractivity contribution in [3.8, 4) is 0 Å². The number of nitrogens with zero attached hydrogens (tertiary/aromatic N) is 1. The van der Waals surface area contributed by atoms with Gasteiger partial charge in [0.1, 0.15) is 5.15 Å². The van der Waals surface area contributed by atoms with E-state index in [0.717, 1.165) is 22.9 Å². The molecule has 3 rings (SSSR count). The first-order valence-electron chi connectivity index (χ1n) is 6.50. The van der Waals surface area contributed by atoms with Gasteiger partial charge in [0.25, 0.3) is 0 Å². The molecule has 20 heavy (non-hydrogen) atoms. The Morgan fingerprint density at radius 3 is 2.50 bits per heavy atom. The predicted molar refractivity (Wildman–Crippen MR) is 81.9 cm³/mol. The Kier molecular flexibility index (Phi) is 3.68. The Hall–Kier alpha value is -1.90. The van der Waals surface area contributed by atoms with Gasteiger partial charge in [-0.15, -0.1) is 0 Å². The van der Waals surface area contributed by atoms with E-state index >= 15 is 0 Å². The van der Waals surface area contributed by atoms with Gasteiger partial charge in [-0.3, -0.25) is 0 Å². The highest BCUT2D eigenvalue weighted by molar-refractivity contribution is 6.30. The molecule has 0 atom stereocenters. The van der Waals surface area contributed by atoms with E-state index in [4.69, 9.17) is 11.6 Å². The van der Waals surface area contributed by atoms with Gasteiger partial charge in [0.05, 0.1) is 12.1 Å². The van der Waals surface area contributed by atoms with E-state index in [-0.39, 0.29) is 6.61 Å². The van der Waals surface area contributed by atoms with Crippen LogP contribution in [-0.4, -0.2) is 10.1 Å². The summed E-state index contributed by atoms with van der Waals surface area (Å²) in [5.41, 5.74) is 3.94. The zero-order chi connectivity index (χ0) is 13.9. The van der Waals surface area contributed by atoms with Crippen molar-refractivity contribution in [2.75, 3.05) is 0 Å². The first-order chi connectivity index (χ1) is 9.78. The van der Waals surface area contributed by atoms with Gasteiger partial charge in [0.2, 0.25) is 0 Å². The van der Waals surface area contributed by atoms with E-state index in [1.54, 1.807) is 0 Å². The second kappa shape index (κ2) is 5.61. The molecule has 0 spiro atoms. The lowest BCUT2D eigenvalue weighted by Crippen LogP contribution is -1.95. The molecule has 3 heteroatoms. The van der Waals surface area contributed by atoms with Crippen LogP contribution in [0.15, 0.2) is 54.6 Å². The summed E-state index contributed by atoms with van der Waals surface area (Å²) in [7, 11) is 0. The molecule has 1 heterocycles. The van der Waals surface area contributed by atoms with Gasteiger partial charge < -0.3 is 5.11 Å².